The molecule has 0 aliphatic carbocycles. The first-order valence-corrected chi connectivity index (χ1v) is 10.5. The van der Waals surface area contributed by atoms with E-state index in [4.69, 9.17) is 0 Å². The summed E-state index contributed by atoms with van der Waals surface area (Å²) in [5.41, 5.74) is 0.431. The van der Waals surface area contributed by atoms with Crippen molar-refractivity contribution in [2.24, 2.45) is 11.8 Å². The van der Waals surface area contributed by atoms with Crippen LogP contribution in [0.3, 0.4) is 0 Å². The Balaban J connectivity index is 1.34. The molecule has 29 heavy (non-hydrogen) atoms. The summed E-state index contributed by atoms with van der Waals surface area (Å²) in [4.78, 5) is 46.1. The van der Waals surface area contributed by atoms with Gasteiger partial charge in [-0.2, -0.15) is 0 Å². The van der Waals surface area contributed by atoms with Crippen molar-refractivity contribution < 1.29 is 9.59 Å². The Labute approximate surface area is 170 Å². The van der Waals surface area contributed by atoms with E-state index in [0.717, 1.165) is 25.9 Å². The molecule has 2 amide bonds. The first kappa shape index (κ1) is 19.6. The maximum Gasteiger partial charge on any atom is 0.261 e. The van der Waals surface area contributed by atoms with Gasteiger partial charge in [-0.15, -0.1) is 0 Å². The van der Waals surface area contributed by atoms with Crippen LogP contribution in [0.4, 0.5) is 0 Å². The predicted molar refractivity (Wildman–Crippen MR) is 110 cm³/mol. The number of hydrogen-bond acceptors (Lipinski definition) is 4. The van der Waals surface area contributed by atoms with Crippen LogP contribution in [0.1, 0.15) is 32.6 Å². The summed E-state index contributed by atoms with van der Waals surface area (Å²) in [6, 6.07) is 7.14. The first-order valence-electron chi connectivity index (χ1n) is 10.5. The number of aromatic nitrogens is 2. The highest BCUT2D eigenvalue weighted by Crippen LogP contribution is 2.23. The lowest BCUT2D eigenvalue weighted by molar-refractivity contribution is -0.142. The minimum Gasteiger partial charge on any atom is -0.342 e. The van der Waals surface area contributed by atoms with E-state index in [2.05, 4.69) is 11.9 Å². The molecule has 7 nitrogen and oxygen atoms in total. The first-order chi connectivity index (χ1) is 14.0. The summed E-state index contributed by atoms with van der Waals surface area (Å²) in [5, 5.41) is 0.517. The molecule has 2 aliphatic heterocycles. The Hall–Kier alpha value is -2.70. The molecule has 0 N–H and O–H groups in total. The van der Waals surface area contributed by atoms with Gasteiger partial charge in [0.05, 0.1) is 17.2 Å². The van der Waals surface area contributed by atoms with Gasteiger partial charge in [0.25, 0.3) is 5.56 Å². The second-order valence-electron chi connectivity index (χ2n) is 8.36. The van der Waals surface area contributed by atoms with Gasteiger partial charge in [0.15, 0.2) is 0 Å². The fourth-order valence-electron chi connectivity index (χ4n) is 4.33. The van der Waals surface area contributed by atoms with E-state index >= 15 is 0 Å². The van der Waals surface area contributed by atoms with Crippen LogP contribution in [0.5, 0.6) is 0 Å². The van der Waals surface area contributed by atoms with Gasteiger partial charge in [0.2, 0.25) is 11.8 Å². The van der Waals surface area contributed by atoms with Gasteiger partial charge >= 0.3 is 0 Å². The number of para-hydroxylation sites is 1. The molecule has 2 saturated heterocycles. The molecule has 154 valence electrons. The van der Waals surface area contributed by atoms with Crippen LogP contribution in [0.2, 0.25) is 0 Å². The lowest BCUT2D eigenvalue weighted by Gasteiger charge is -2.36. The summed E-state index contributed by atoms with van der Waals surface area (Å²) >= 11 is 0. The van der Waals surface area contributed by atoms with Crippen molar-refractivity contribution in [3.8, 4) is 0 Å². The molecule has 0 atom stereocenters. The summed E-state index contributed by atoms with van der Waals surface area (Å²) in [6.45, 7) is 5.07. The monoisotopic (exact) mass is 396 g/mol. The van der Waals surface area contributed by atoms with Crippen molar-refractivity contribution in [2.45, 2.75) is 39.2 Å². The number of carbonyl (C=O) groups excluding carboxylic acids is 2. The van der Waals surface area contributed by atoms with Crippen LogP contribution >= 0.6 is 0 Å². The highest BCUT2D eigenvalue weighted by molar-refractivity contribution is 5.81. The van der Waals surface area contributed by atoms with Crippen LogP contribution in [0.25, 0.3) is 10.9 Å². The number of benzene rings is 1. The fraction of sp³-hybridized carbons (Fsp3) is 0.545. The predicted octanol–water partition coefficient (Wildman–Crippen LogP) is 1.89. The summed E-state index contributed by atoms with van der Waals surface area (Å²) in [5.74, 6) is 0.866. The third kappa shape index (κ3) is 4.18. The normalized spacial score (nSPS) is 18.9. The van der Waals surface area contributed by atoms with Gasteiger partial charge in [-0.05, 0) is 43.7 Å². The van der Waals surface area contributed by atoms with Gasteiger partial charge in [0, 0.05) is 32.1 Å². The van der Waals surface area contributed by atoms with Gasteiger partial charge in [-0.1, -0.05) is 19.1 Å². The summed E-state index contributed by atoms with van der Waals surface area (Å²) in [7, 11) is 0. The molecule has 0 radical (unpaired) electrons. The van der Waals surface area contributed by atoms with E-state index in [1.807, 2.05) is 11.0 Å². The molecule has 0 unspecified atom stereocenters. The van der Waals surface area contributed by atoms with Crippen LogP contribution < -0.4 is 5.56 Å². The minimum absolute atomic E-state index is 0.0116. The third-order valence-corrected chi connectivity index (χ3v) is 6.33. The van der Waals surface area contributed by atoms with Crippen LogP contribution in [-0.2, 0) is 16.1 Å². The van der Waals surface area contributed by atoms with Crippen LogP contribution in [-0.4, -0.2) is 57.3 Å². The minimum atomic E-state index is -0.201. The highest BCUT2D eigenvalue weighted by Gasteiger charge is 2.31. The zero-order valence-electron chi connectivity index (χ0n) is 16.9. The van der Waals surface area contributed by atoms with Crippen molar-refractivity contribution in [3.05, 3.63) is 40.9 Å². The van der Waals surface area contributed by atoms with Crippen molar-refractivity contribution in [3.63, 3.8) is 0 Å². The Morgan fingerprint density at radius 2 is 1.66 bits per heavy atom. The van der Waals surface area contributed by atoms with Gasteiger partial charge in [-0.3, -0.25) is 19.0 Å². The Kier molecular flexibility index (Phi) is 5.65. The topological polar surface area (TPSA) is 75.5 Å². The Morgan fingerprint density at radius 1 is 1.00 bits per heavy atom. The van der Waals surface area contributed by atoms with E-state index in [0.29, 0.717) is 42.8 Å². The maximum absolute atomic E-state index is 12.8. The lowest BCUT2D eigenvalue weighted by Crippen LogP contribution is -2.47. The Bertz CT molecular complexity index is 954. The maximum atomic E-state index is 12.8. The second kappa shape index (κ2) is 8.35. The number of fused-ring (bicyclic) bond motifs is 1. The molecule has 3 heterocycles. The van der Waals surface area contributed by atoms with Crippen LogP contribution in [0.15, 0.2) is 35.4 Å². The molecule has 2 fully saturated rings. The second-order valence-corrected chi connectivity index (χ2v) is 8.36. The van der Waals surface area contributed by atoms with Crippen molar-refractivity contribution in [1.82, 2.24) is 19.4 Å². The smallest absolute Gasteiger partial charge is 0.261 e. The lowest BCUT2D eigenvalue weighted by atomic mass is 9.92. The fourth-order valence-corrected chi connectivity index (χ4v) is 4.33. The number of hydrogen-bond donors (Lipinski definition) is 0. The molecule has 0 bridgehead atoms. The number of amides is 2. The number of rotatable bonds is 3. The Morgan fingerprint density at radius 3 is 2.38 bits per heavy atom. The van der Waals surface area contributed by atoms with E-state index in [-0.39, 0.29) is 29.8 Å². The number of carbonyl (C=O) groups is 2. The number of nitrogens with zero attached hydrogens (tertiary/aromatic N) is 4. The van der Waals surface area contributed by atoms with Gasteiger partial charge < -0.3 is 9.80 Å². The van der Waals surface area contributed by atoms with Crippen molar-refractivity contribution >= 4 is 22.7 Å². The molecular weight excluding hydrogens is 368 g/mol. The van der Waals surface area contributed by atoms with Crippen molar-refractivity contribution in [2.75, 3.05) is 26.2 Å². The zero-order chi connectivity index (χ0) is 20.4. The zero-order valence-corrected chi connectivity index (χ0v) is 16.9. The molecule has 2 aliphatic rings. The molecule has 7 heteroatoms. The van der Waals surface area contributed by atoms with Crippen LogP contribution in [0, 0.1) is 11.8 Å². The average molecular weight is 396 g/mol. The SMILES string of the molecule is CC1CCN(C(=O)C2CCN(C(=O)Cn3cnc4ccccc4c3=O)CC2)CC1. The summed E-state index contributed by atoms with van der Waals surface area (Å²) < 4.78 is 1.37. The van der Waals surface area contributed by atoms with E-state index in [1.54, 1.807) is 23.1 Å². The standard InChI is InChI=1S/C22H28N4O3/c1-16-6-10-25(11-7-16)21(28)17-8-12-24(13-9-17)20(27)14-26-15-23-19-5-3-2-4-18(19)22(26)29/h2-5,15-17H,6-14H2,1H3. The molecular formula is C22H28N4O3. The molecule has 1 aromatic carbocycles. The van der Waals surface area contributed by atoms with Crippen molar-refractivity contribution in [1.29, 1.82) is 0 Å². The largest absolute Gasteiger partial charge is 0.342 e. The highest BCUT2D eigenvalue weighted by atomic mass is 16.2. The van der Waals surface area contributed by atoms with E-state index < -0.39 is 0 Å². The quantitative estimate of drug-likeness (QED) is 0.794. The van der Waals surface area contributed by atoms with E-state index in [1.165, 1.54) is 10.9 Å². The summed E-state index contributed by atoms with van der Waals surface area (Å²) in [6.07, 6.45) is 4.99. The average Bonchev–Trinajstić information content (AvgIpc) is 2.76. The van der Waals surface area contributed by atoms with E-state index in [9.17, 15) is 14.4 Å². The molecule has 1 aromatic heterocycles. The van der Waals surface area contributed by atoms with Gasteiger partial charge in [-0.25, -0.2) is 4.98 Å². The molecule has 4 rings (SSSR count). The number of piperidine rings is 2. The molecule has 2 aromatic rings. The van der Waals surface area contributed by atoms with Gasteiger partial charge in [0.1, 0.15) is 6.54 Å². The molecule has 0 spiro atoms. The third-order valence-electron chi connectivity index (χ3n) is 6.33. The molecule has 0 saturated carbocycles. The number of likely N-dealkylation sites (tertiary alicyclic amines) is 2.